The normalized spacial score (nSPS) is 12.2. The van der Waals surface area contributed by atoms with Gasteiger partial charge in [-0.25, -0.2) is 9.78 Å². The molecule has 0 bridgehead atoms. The van der Waals surface area contributed by atoms with Crippen molar-refractivity contribution in [2.24, 2.45) is 0 Å². The van der Waals surface area contributed by atoms with Gasteiger partial charge in [0.15, 0.2) is 5.69 Å². The van der Waals surface area contributed by atoms with Crippen LogP contribution in [0.1, 0.15) is 16.1 Å². The van der Waals surface area contributed by atoms with Gasteiger partial charge in [-0.1, -0.05) is 0 Å². The first-order chi connectivity index (χ1) is 8.95. The standard InChI is InChI=1S/C9H4F6INO3/c1-19-7(18)6-5(8(10,11)12)3(16)2-4(17-6)20-9(13,14)15/h2H,1H3. The van der Waals surface area contributed by atoms with E-state index in [1.807, 2.05) is 0 Å². The summed E-state index contributed by atoms with van der Waals surface area (Å²) in [6, 6.07) is 0.420. The number of hydrogen-bond acceptors (Lipinski definition) is 4. The molecule has 1 rings (SSSR count). The van der Waals surface area contributed by atoms with Crippen molar-refractivity contribution in [3.8, 4) is 5.88 Å². The molecule has 0 aliphatic heterocycles. The predicted octanol–water partition coefficient (Wildman–Crippen LogP) is 3.39. The minimum absolute atomic E-state index is 0.420. The molecule has 0 atom stereocenters. The predicted molar refractivity (Wildman–Crippen MR) is 60.0 cm³/mol. The maximum absolute atomic E-state index is 12.8. The Morgan fingerprint density at radius 3 is 2.20 bits per heavy atom. The average Bonchev–Trinajstić information content (AvgIpc) is 2.22. The smallest absolute Gasteiger partial charge is 0.464 e. The second-order valence-corrected chi connectivity index (χ2v) is 4.37. The number of aromatic nitrogens is 1. The monoisotopic (exact) mass is 415 g/mol. The van der Waals surface area contributed by atoms with Crippen molar-refractivity contribution >= 4 is 28.6 Å². The second-order valence-electron chi connectivity index (χ2n) is 3.20. The number of alkyl halides is 6. The van der Waals surface area contributed by atoms with E-state index < -0.39 is 39.2 Å². The van der Waals surface area contributed by atoms with Gasteiger partial charge in [0.1, 0.15) is 5.56 Å². The zero-order valence-corrected chi connectivity index (χ0v) is 11.6. The zero-order chi connectivity index (χ0) is 15.7. The first-order valence-corrected chi connectivity index (χ1v) is 5.65. The van der Waals surface area contributed by atoms with E-state index in [0.717, 1.165) is 29.7 Å². The van der Waals surface area contributed by atoms with Gasteiger partial charge in [0.05, 0.1) is 7.11 Å². The Morgan fingerprint density at radius 1 is 1.25 bits per heavy atom. The number of hydrogen-bond donors (Lipinski definition) is 0. The summed E-state index contributed by atoms with van der Waals surface area (Å²) < 4.78 is 81.1. The van der Waals surface area contributed by atoms with Crippen molar-refractivity contribution in [3.05, 3.63) is 20.9 Å². The number of rotatable bonds is 2. The summed E-state index contributed by atoms with van der Waals surface area (Å²) in [5.41, 5.74) is -2.79. The van der Waals surface area contributed by atoms with Gasteiger partial charge < -0.3 is 9.47 Å². The van der Waals surface area contributed by atoms with Gasteiger partial charge in [-0.15, -0.1) is 13.2 Å². The number of ether oxygens (including phenoxy) is 2. The maximum Gasteiger partial charge on any atom is 0.574 e. The topological polar surface area (TPSA) is 48.4 Å². The highest BCUT2D eigenvalue weighted by Crippen LogP contribution is 2.37. The minimum Gasteiger partial charge on any atom is -0.464 e. The molecule has 0 unspecified atom stereocenters. The Morgan fingerprint density at radius 2 is 1.80 bits per heavy atom. The molecule has 0 saturated heterocycles. The SMILES string of the molecule is COC(=O)c1nc(OC(F)(F)F)cc(I)c1C(F)(F)F. The maximum atomic E-state index is 12.8. The molecule has 4 nitrogen and oxygen atoms in total. The van der Waals surface area contributed by atoms with Crippen LogP contribution in [-0.4, -0.2) is 24.4 Å². The number of halogens is 7. The highest BCUT2D eigenvalue weighted by molar-refractivity contribution is 14.1. The molecule has 0 fully saturated rings. The van der Waals surface area contributed by atoms with E-state index in [-0.39, 0.29) is 0 Å². The van der Waals surface area contributed by atoms with Crippen molar-refractivity contribution in [3.63, 3.8) is 0 Å². The van der Waals surface area contributed by atoms with Crippen LogP contribution in [0.15, 0.2) is 6.07 Å². The third kappa shape index (κ3) is 4.11. The molecule has 0 aliphatic carbocycles. The number of pyridine rings is 1. The lowest BCUT2D eigenvalue weighted by atomic mass is 10.2. The molecular formula is C9H4F6INO3. The fourth-order valence-electron chi connectivity index (χ4n) is 1.18. The molecule has 0 aromatic carbocycles. The summed E-state index contributed by atoms with van der Waals surface area (Å²) in [6.07, 6.45) is -10.1. The van der Waals surface area contributed by atoms with Gasteiger partial charge in [-0.3, -0.25) is 0 Å². The third-order valence-electron chi connectivity index (χ3n) is 1.83. The quantitative estimate of drug-likeness (QED) is 0.423. The summed E-state index contributed by atoms with van der Waals surface area (Å²) in [4.78, 5) is 14.1. The molecular weight excluding hydrogens is 411 g/mol. The molecule has 0 amide bonds. The Bertz CT molecular complexity index is 528. The highest BCUT2D eigenvalue weighted by Gasteiger charge is 2.41. The fourth-order valence-corrected chi connectivity index (χ4v) is 2.00. The lowest BCUT2D eigenvalue weighted by molar-refractivity contribution is -0.276. The van der Waals surface area contributed by atoms with E-state index in [0.29, 0.717) is 6.07 Å². The molecule has 112 valence electrons. The lowest BCUT2D eigenvalue weighted by Gasteiger charge is -2.15. The van der Waals surface area contributed by atoms with Gasteiger partial charge in [-0.05, 0) is 22.6 Å². The molecule has 0 radical (unpaired) electrons. The van der Waals surface area contributed by atoms with E-state index in [4.69, 9.17) is 0 Å². The van der Waals surface area contributed by atoms with Crippen LogP contribution in [0, 0.1) is 3.57 Å². The number of carbonyl (C=O) groups is 1. The summed E-state index contributed by atoms with van der Waals surface area (Å²) >= 11 is 1.12. The first kappa shape index (κ1) is 16.8. The Kier molecular flexibility index (Phi) is 4.71. The Labute approximate surface area is 121 Å². The minimum atomic E-state index is -5.15. The van der Waals surface area contributed by atoms with E-state index in [1.165, 1.54) is 0 Å². The second kappa shape index (κ2) is 5.61. The summed E-state index contributed by atoms with van der Waals surface area (Å²) in [5.74, 6) is -2.71. The van der Waals surface area contributed by atoms with E-state index in [1.54, 1.807) is 0 Å². The van der Waals surface area contributed by atoms with Crippen LogP contribution in [0.25, 0.3) is 0 Å². The van der Waals surface area contributed by atoms with Crippen LogP contribution < -0.4 is 4.74 Å². The number of carbonyl (C=O) groups excluding carboxylic acids is 1. The summed E-state index contributed by atoms with van der Waals surface area (Å²) in [7, 11) is 0.772. The lowest BCUT2D eigenvalue weighted by Crippen LogP contribution is -2.22. The van der Waals surface area contributed by atoms with E-state index >= 15 is 0 Å². The Balaban J connectivity index is 3.45. The van der Waals surface area contributed by atoms with Crippen molar-refractivity contribution in [1.29, 1.82) is 0 Å². The van der Waals surface area contributed by atoms with Crippen LogP contribution in [0.3, 0.4) is 0 Å². The highest BCUT2D eigenvalue weighted by atomic mass is 127. The van der Waals surface area contributed by atoms with Crippen molar-refractivity contribution in [1.82, 2.24) is 4.98 Å². The molecule has 0 spiro atoms. The fraction of sp³-hybridized carbons (Fsp3) is 0.333. The Hall–Kier alpha value is -1.27. The van der Waals surface area contributed by atoms with Crippen LogP contribution in [0.4, 0.5) is 26.3 Å². The van der Waals surface area contributed by atoms with Gasteiger partial charge in [0.25, 0.3) is 0 Å². The molecule has 0 aliphatic rings. The largest absolute Gasteiger partial charge is 0.574 e. The number of nitrogens with zero attached hydrogens (tertiary/aromatic N) is 1. The van der Waals surface area contributed by atoms with Crippen LogP contribution in [-0.2, 0) is 10.9 Å². The average molecular weight is 415 g/mol. The molecule has 1 aromatic rings. The molecule has 1 heterocycles. The third-order valence-corrected chi connectivity index (χ3v) is 2.68. The number of esters is 1. The van der Waals surface area contributed by atoms with Gasteiger partial charge in [-0.2, -0.15) is 13.2 Å². The molecule has 1 aromatic heterocycles. The van der Waals surface area contributed by atoms with Crippen molar-refractivity contribution in [2.45, 2.75) is 12.5 Å². The van der Waals surface area contributed by atoms with Crippen molar-refractivity contribution in [2.75, 3.05) is 7.11 Å². The van der Waals surface area contributed by atoms with Gasteiger partial charge in [0, 0.05) is 9.64 Å². The van der Waals surface area contributed by atoms with Crippen LogP contribution >= 0.6 is 22.6 Å². The summed E-state index contributed by atoms with van der Waals surface area (Å²) in [5, 5.41) is 0. The molecule has 20 heavy (non-hydrogen) atoms. The molecule has 0 N–H and O–H groups in total. The van der Waals surface area contributed by atoms with Crippen molar-refractivity contribution < 1.29 is 40.6 Å². The summed E-state index contributed by atoms with van der Waals surface area (Å²) in [6.45, 7) is 0. The molecule has 0 saturated carbocycles. The van der Waals surface area contributed by atoms with Gasteiger partial charge in [0.2, 0.25) is 5.88 Å². The number of methoxy groups -OCH3 is 1. The van der Waals surface area contributed by atoms with E-state index in [2.05, 4.69) is 14.5 Å². The zero-order valence-electron chi connectivity index (χ0n) is 9.40. The molecule has 11 heteroatoms. The van der Waals surface area contributed by atoms with Crippen LogP contribution in [0.5, 0.6) is 5.88 Å². The van der Waals surface area contributed by atoms with E-state index in [9.17, 15) is 31.1 Å². The first-order valence-electron chi connectivity index (χ1n) is 4.57. The van der Waals surface area contributed by atoms with Gasteiger partial charge >= 0.3 is 18.5 Å². The van der Waals surface area contributed by atoms with Crippen LogP contribution in [0.2, 0.25) is 0 Å².